The fourth-order valence-corrected chi connectivity index (χ4v) is 2.49. The summed E-state index contributed by atoms with van der Waals surface area (Å²) in [5, 5.41) is 3.26. The minimum absolute atomic E-state index is 0.482. The zero-order chi connectivity index (χ0) is 13.9. The second-order valence-corrected chi connectivity index (χ2v) is 5.95. The van der Waals surface area contributed by atoms with Crippen LogP contribution in [0.15, 0.2) is 36.5 Å². The van der Waals surface area contributed by atoms with Gasteiger partial charge >= 0.3 is 0 Å². The Hall–Kier alpha value is -1.74. The maximum Gasteiger partial charge on any atom is 0.134 e. The van der Waals surface area contributed by atoms with Crippen molar-refractivity contribution >= 4 is 0 Å². The summed E-state index contributed by atoms with van der Waals surface area (Å²) in [7, 11) is 0. The Morgan fingerprint density at radius 3 is 2.50 bits per heavy atom. The van der Waals surface area contributed by atoms with E-state index in [1.54, 1.807) is 0 Å². The lowest BCUT2D eigenvalue weighted by molar-refractivity contribution is 0.430. The van der Waals surface area contributed by atoms with Crippen LogP contribution in [0.2, 0.25) is 0 Å². The molecule has 0 saturated carbocycles. The van der Waals surface area contributed by atoms with Gasteiger partial charge in [-0.15, -0.1) is 0 Å². The van der Waals surface area contributed by atoms with E-state index in [4.69, 9.17) is 4.98 Å². The molecule has 2 heterocycles. The fraction of sp³-hybridized carbons (Fsp3) is 0.412. The second kappa shape index (κ2) is 5.71. The highest BCUT2D eigenvalue weighted by molar-refractivity contribution is 5.59. The molecule has 0 amide bonds. The van der Waals surface area contributed by atoms with E-state index >= 15 is 0 Å². The molecule has 0 spiro atoms. The lowest BCUT2D eigenvalue weighted by atomic mass is 10.0. The molecule has 1 saturated heterocycles. The predicted molar refractivity (Wildman–Crippen MR) is 81.6 cm³/mol. The Balaban J connectivity index is 1.81. The normalized spacial score (nSPS) is 15.3. The number of nitrogens with one attached hydrogen (secondary N) is 1. The first kappa shape index (κ1) is 13.3. The van der Waals surface area contributed by atoms with E-state index < -0.39 is 0 Å². The molecule has 1 fully saturated rings. The number of nitrogens with zero attached hydrogens (tertiary/aromatic N) is 2. The Bertz CT molecular complexity index is 571. The monoisotopic (exact) mass is 267 g/mol. The first-order valence-electron chi connectivity index (χ1n) is 7.35. The molecule has 1 aliphatic rings. The zero-order valence-electron chi connectivity index (χ0n) is 12.1. The molecule has 1 aliphatic heterocycles. The highest BCUT2D eigenvalue weighted by Crippen LogP contribution is 2.22. The van der Waals surface area contributed by atoms with Crippen molar-refractivity contribution in [1.29, 1.82) is 0 Å². The molecular weight excluding hydrogens is 246 g/mol. The average molecular weight is 267 g/mol. The number of benzene rings is 1. The first-order valence-corrected chi connectivity index (χ1v) is 7.35. The van der Waals surface area contributed by atoms with Crippen molar-refractivity contribution < 1.29 is 0 Å². The van der Waals surface area contributed by atoms with Gasteiger partial charge in [-0.3, -0.25) is 0 Å². The van der Waals surface area contributed by atoms with Gasteiger partial charge in [0.05, 0.1) is 5.69 Å². The maximum atomic E-state index is 4.70. The average Bonchev–Trinajstić information content (AvgIpc) is 2.37. The first-order chi connectivity index (χ1) is 9.72. The molecule has 1 aromatic heterocycles. The molecule has 20 heavy (non-hydrogen) atoms. The van der Waals surface area contributed by atoms with E-state index in [0.29, 0.717) is 11.8 Å². The van der Waals surface area contributed by atoms with E-state index in [1.807, 2.05) is 12.3 Å². The van der Waals surface area contributed by atoms with Gasteiger partial charge in [0.15, 0.2) is 0 Å². The van der Waals surface area contributed by atoms with Crippen molar-refractivity contribution in [1.82, 2.24) is 15.3 Å². The van der Waals surface area contributed by atoms with Gasteiger partial charge in [-0.1, -0.05) is 38.1 Å². The summed E-state index contributed by atoms with van der Waals surface area (Å²) in [6.45, 7) is 6.49. The van der Waals surface area contributed by atoms with E-state index in [0.717, 1.165) is 31.0 Å². The molecule has 1 aromatic carbocycles. The molecule has 104 valence electrons. The summed E-state index contributed by atoms with van der Waals surface area (Å²) in [5.41, 5.74) is 3.59. The van der Waals surface area contributed by atoms with Gasteiger partial charge in [0.2, 0.25) is 0 Å². The zero-order valence-corrected chi connectivity index (χ0v) is 12.1. The molecule has 3 rings (SSSR count). The van der Waals surface area contributed by atoms with Crippen molar-refractivity contribution in [2.75, 3.05) is 13.1 Å². The van der Waals surface area contributed by atoms with Gasteiger partial charge < -0.3 is 5.32 Å². The van der Waals surface area contributed by atoms with Crippen LogP contribution in [0.25, 0.3) is 11.3 Å². The van der Waals surface area contributed by atoms with E-state index in [-0.39, 0.29) is 0 Å². The van der Waals surface area contributed by atoms with Crippen LogP contribution >= 0.6 is 0 Å². The predicted octanol–water partition coefficient (Wildman–Crippen LogP) is 3.03. The third-order valence-corrected chi connectivity index (χ3v) is 3.71. The standard InChI is InChI=1S/C17H21N3/c1-12(2)9-13-3-5-14(6-4-13)16-7-8-19-17(20-16)15-10-18-11-15/h3-8,12,15,18H,9-11H2,1-2H3. The smallest absolute Gasteiger partial charge is 0.134 e. The van der Waals surface area contributed by atoms with Crippen LogP contribution < -0.4 is 5.32 Å². The van der Waals surface area contributed by atoms with Crippen LogP contribution in [0, 0.1) is 5.92 Å². The molecule has 2 aromatic rings. The Morgan fingerprint density at radius 1 is 1.15 bits per heavy atom. The van der Waals surface area contributed by atoms with E-state index in [2.05, 4.69) is 48.4 Å². The molecule has 3 nitrogen and oxygen atoms in total. The molecular formula is C17H21N3. The van der Waals surface area contributed by atoms with E-state index in [1.165, 1.54) is 11.1 Å². The van der Waals surface area contributed by atoms with Crippen molar-refractivity contribution in [3.8, 4) is 11.3 Å². The summed E-state index contributed by atoms with van der Waals surface area (Å²) in [4.78, 5) is 9.10. The largest absolute Gasteiger partial charge is 0.315 e. The quantitative estimate of drug-likeness (QED) is 0.925. The Labute approximate surface area is 120 Å². The third kappa shape index (κ3) is 2.88. The lowest BCUT2D eigenvalue weighted by Gasteiger charge is -2.25. The summed E-state index contributed by atoms with van der Waals surface area (Å²) >= 11 is 0. The van der Waals surface area contributed by atoms with Crippen LogP contribution in [0.3, 0.4) is 0 Å². The van der Waals surface area contributed by atoms with Crippen LogP contribution in [-0.4, -0.2) is 23.1 Å². The minimum Gasteiger partial charge on any atom is -0.315 e. The number of hydrogen-bond donors (Lipinski definition) is 1. The van der Waals surface area contributed by atoms with Gasteiger partial charge in [0.1, 0.15) is 5.82 Å². The third-order valence-electron chi connectivity index (χ3n) is 3.71. The highest BCUT2D eigenvalue weighted by Gasteiger charge is 2.21. The van der Waals surface area contributed by atoms with Crippen LogP contribution in [0.5, 0.6) is 0 Å². The molecule has 0 aliphatic carbocycles. The SMILES string of the molecule is CC(C)Cc1ccc(-c2ccnc(C3CNC3)n2)cc1. The number of aromatic nitrogens is 2. The van der Waals surface area contributed by atoms with Crippen LogP contribution in [-0.2, 0) is 6.42 Å². The van der Waals surface area contributed by atoms with Gasteiger partial charge in [-0.25, -0.2) is 9.97 Å². The maximum absolute atomic E-state index is 4.70. The van der Waals surface area contributed by atoms with Crippen molar-refractivity contribution in [3.63, 3.8) is 0 Å². The molecule has 3 heteroatoms. The number of hydrogen-bond acceptors (Lipinski definition) is 3. The molecule has 0 unspecified atom stereocenters. The summed E-state index contributed by atoms with van der Waals surface area (Å²) in [6.07, 6.45) is 3.00. The minimum atomic E-state index is 0.482. The fourth-order valence-electron chi connectivity index (χ4n) is 2.49. The van der Waals surface area contributed by atoms with E-state index in [9.17, 15) is 0 Å². The van der Waals surface area contributed by atoms with Gasteiger partial charge in [0.25, 0.3) is 0 Å². The Kier molecular flexibility index (Phi) is 3.79. The van der Waals surface area contributed by atoms with Crippen molar-refractivity contribution in [2.45, 2.75) is 26.2 Å². The topological polar surface area (TPSA) is 37.8 Å². The van der Waals surface area contributed by atoms with Gasteiger partial charge in [-0.2, -0.15) is 0 Å². The van der Waals surface area contributed by atoms with Crippen LogP contribution in [0.1, 0.15) is 31.2 Å². The Morgan fingerprint density at radius 2 is 1.90 bits per heavy atom. The molecule has 1 N–H and O–H groups in total. The van der Waals surface area contributed by atoms with Gasteiger partial charge in [-0.05, 0) is 24.0 Å². The molecule has 0 atom stereocenters. The summed E-state index contributed by atoms with van der Waals surface area (Å²) < 4.78 is 0. The molecule has 0 radical (unpaired) electrons. The van der Waals surface area contributed by atoms with Crippen molar-refractivity contribution in [3.05, 3.63) is 47.9 Å². The molecule has 0 bridgehead atoms. The summed E-state index contributed by atoms with van der Waals surface area (Å²) in [5.74, 6) is 2.14. The second-order valence-electron chi connectivity index (χ2n) is 5.95. The highest BCUT2D eigenvalue weighted by atomic mass is 15.0. The van der Waals surface area contributed by atoms with Gasteiger partial charge in [0, 0.05) is 30.8 Å². The lowest BCUT2D eigenvalue weighted by Crippen LogP contribution is -2.40. The summed E-state index contributed by atoms with van der Waals surface area (Å²) in [6, 6.07) is 10.8. The van der Waals surface area contributed by atoms with Crippen LogP contribution in [0.4, 0.5) is 0 Å². The van der Waals surface area contributed by atoms with Crippen molar-refractivity contribution in [2.24, 2.45) is 5.92 Å². The number of rotatable bonds is 4.